The molecule has 2 aliphatic rings. The maximum atomic E-state index is 12.5. The molecule has 1 amide bonds. The van der Waals surface area contributed by atoms with Gasteiger partial charge in [0.15, 0.2) is 0 Å². The van der Waals surface area contributed by atoms with Gasteiger partial charge in [-0.1, -0.05) is 30.3 Å². The van der Waals surface area contributed by atoms with Crippen molar-refractivity contribution in [3.05, 3.63) is 35.9 Å². The van der Waals surface area contributed by atoms with Crippen molar-refractivity contribution in [2.45, 2.75) is 37.6 Å². The topological polar surface area (TPSA) is 41.6 Å². The third-order valence-corrected chi connectivity index (χ3v) is 4.12. The van der Waals surface area contributed by atoms with Crippen LogP contribution in [0.2, 0.25) is 0 Å². The molecular formula is C15H20N2O2. The molecule has 0 bridgehead atoms. The van der Waals surface area contributed by atoms with Crippen LogP contribution in [0.4, 0.5) is 0 Å². The zero-order valence-corrected chi connectivity index (χ0v) is 11.4. The van der Waals surface area contributed by atoms with Crippen molar-refractivity contribution in [1.29, 1.82) is 0 Å². The van der Waals surface area contributed by atoms with Crippen molar-refractivity contribution in [1.82, 2.24) is 10.2 Å². The van der Waals surface area contributed by atoms with Crippen LogP contribution in [0.1, 0.15) is 31.5 Å². The molecule has 1 aromatic rings. The maximum absolute atomic E-state index is 12.5. The van der Waals surface area contributed by atoms with Gasteiger partial charge in [0, 0.05) is 13.7 Å². The molecule has 2 atom stereocenters. The summed E-state index contributed by atoms with van der Waals surface area (Å²) >= 11 is 0. The fraction of sp³-hybridized carbons (Fsp3) is 0.533. The van der Waals surface area contributed by atoms with Gasteiger partial charge in [0.25, 0.3) is 0 Å². The molecule has 1 saturated heterocycles. The third kappa shape index (κ3) is 2.15. The Labute approximate surface area is 113 Å². The van der Waals surface area contributed by atoms with Gasteiger partial charge < -0.3 is 9.64 Å². The molecule has 3 rings (SSSR count). The molecule has 2 fully saturated rings. The molecule has 2 unspecified atom stereocenters. The minimum Gasteiger partial charge on any atom is -0.380 e. The van der Waals surface area contributed by atoms with Gasteiger partial charge in [0.2, 0.25) is 5.91 Å². The summed E-state index contributed by atoms with van der Waals surface area (Å²) in [6.07, 6.45) is 1.93. The number of nitrogens with one attached hydrogen (secondary N) is 1. The number of amides is 1. The normalized spacial score (nSPS) is 25.9. The highest BCUT2D eigenvalue weighted by Crippen LogP contribution is 2.45. The number of carbonyl (C=O) groups excluding carboxylic acids is 1. The fourth-order valence-corrected chi connectivity index (χ4v) is 2.72. The second kappa shape index (κ2) is 4.62. The Morgan fingerprint density at radius 1 is 1.42 bits per heavy atom. The highest BCUT2D eigenvalue weighted by Gasteiger charge is 2.59. The lowest BCUT2D eigenvalue weighted by molar-refractivity contribution is -0.132. The molecule has 1 saturated carbocycles. The van der Waals surface area contributed by atoms with Crippen molar-refractivity contribution < 1.29 is 9.53 Å². The van der Waals surface area contributed by atoms with Gasteiger partial charge in [-0.15, -0.1) is 0 Å². The van der Waals surface area contributed by atoms with E-state index in [1.165, 1.54) is 0 Å². The number of carbonyl (C=O) groups is 1. The number of benzene rings is 1. The molecule has 1 aliphatic heterocycles. The SMILES string of the molecule is COC(C)CN1C(=O)C2(CC2)NC1c1ccccc1. The van der Waals surface area contributed by atoms with Crippen LogP contribution in [0, 0.1) is 0 Å². The first-order valence-corrected chi connectivity index (χ1v) is 6.83. The van der Waals surface area contributed by atoms with Crippen LogP contribution in [0.15, 0.2) is 30.3 Å². The van der Waals surface area contributed by atoms with Crippen LogP contribution in [-0.2, 0) is 9.53 Å². The van der Waals surface area contributed by atoms with E-state index < -0.39 is 0 Å². The van der Waals surface area contributed by atoms with Crippen LogP contribution in [0.5, 0.6) is 0 Å². The van der Waals surface area contributed by atoms with E-state index in [0.717, 1.165) is 18.4 Å². The first kappa shape index (κ1) is 12.6. The van der Waals surface area contributed by atoms with Crippen LogP contribution in [-0.4, -0.2) is 36.1 Å². The van der Waals surface area contributed by atoms with E-state index in [-0.39, 0.29) is 23.7 Å². The second-order valence-corrected chi connectivity index (χ2v) is 5.54. The smallest absolute Gasteiger partial charge is 0.244 e. The summed E-state index contributed by atoms with van der Waals surface area (Å²) in [5.74, 6) is 0.227. The lowest BCUT2D eigenvalue weighted by Gasteiger charge is -2.26. The predicted molar refractivity (Wildman–Crippen MR) is 72.5 cm³/mol. The van der Waals surface area contributed by atoms with E-state index in [1.807, 2.05) is 30.0 Å². The van der Waals surface area contributed by atoms with Crippen molar-refractivity contribution in [3.8, 4) is 0 Å². The van der Waals surface area contributed by atoms with Crippen molar-refractivity contribution >= 4 is 5.91 Å². The number of hydrogen-bond acceptors (Lipinski definition) is 3. The second-order valence-electron chi connectivity index (χ2n) is 5.54. The van der Waals surface area contributed by atoms with E-state index in [1.54, 1.807) is 7.11 Å². The van der Waals surface area contributed by atoms with Gasteiger partial charge in [0.1, 0.15) is 11.7 Å². The summed E-state index contributed by atoms with van der Waals surface area (Å²) in [7, 11) is 1.68. The van der Waals surface area contributed by atoms with Crippen molar-refractivity contribution in [3.63, 3.8) is 0 Å². The Kier molecular flexibility index (Phi) is 3.07. The van der Waals surface area contributed by atoms with Gasteiger partial charge >= 0.3 is 0 Å². The summed E-state index contributed by atoms with van der Waals surface area (Å²) in [6, 6.07) is 10.2. The first-order chi connectivity index (χ1) is 9.16. The Balaban J connectivity index is 1.86. The monoisotopic (exact) mass is 260 g/mol. The summed E-state index contributed by atoms with van der Waals surface area (Å²) in [5, 5.41) is 3.51. The lowest BCUT2D eigenvalue weighted by atomic mass is 10.1. The molecule has 1 aliphatic carbocycles. The van der Waals surface area contributed by atoms with Gasteiger partial charge in [-0.25, -0.2) is 0 Å². The number of methoxy groups -OCH3 is 1. The third-order valence-electron chi connectivity index (χ3n) is 4.12. The summed E-state index contributed by atoms with van der Waals surface area (Å²) in [4.78, 5) is 14.5. The molecule has 1 spiro atoms. The number of hydrogen-bond donors (Lipinski definition) is 1. The van der Waals surface area contributed by atoms with Gasteiger partial charge in [-0.05, 0) is 25.3 Å². The molecule has 1 heterocycles. The van der Waals surface area contributed by atoms with Crippen LogP contribution >= 0.6 is 0 Å². The number of nitrogens with zero attached hydrogens (tertiary/aromatic N) is 1. The molecule has 4 heteroatoms. The van der Waals surface area contributed by atoms with Gasteiger partial charge in [-0.3, -0.25) is 10.1 Å². The minimum atomic E-state index is -0.284. The summed E-state index contributed by atoms with van der Waals surface area (Å²) < 4.78 is 5.31. The molecule has 1 aromatic carbocycles. The van der Waals surface area contributed by atoms with Crippen LogP contribution in [0.25, 0.3) is 0 Å². The van der Waals surface area contributed by atoms with Gasteiger partial charge in [0.05, 0.1) is 6.10 Å². The van der Waals surface area contributed by atoms with E-state index in [4.69, 9.17) is 4.74 Å². The summed E-state index contributed by atoms with van der Waals surface area (Å²) in [5.41, 5.74) is 0.858. The highest BCUT2D eigenvalue weighted by molar-refractivity contribution is 5.92. The quantitative estimate of drug-likeness (QED) is 0.895. The summed E-state index contributed by atoms with van der Waals surface area (Å²) in [6.45, 7) is 2.62. The van der Waals surface area contributed by atoms with Crippen molar-refractivity contribution in [2.24, 2.45) is 0 Å². The van der Waals surface area contributed by atoms with E-state index in [0.29, 0.717) is 6.54 Å². The number of ether oxygens (including phenoxy) is 1. The van der Waals surface area contributed by atoms with Crippen LogP contribution in [0.3, 0.4) is 0 Å². The molecule has 19 heavy (non-hydrogen) atoms. The fourth-order valence-electron chi connectivity index (χ4n) is 2.72. The molecule has 4 nitrogen and oxygen atoms in total. The predicted octanol–water partition coefficient (Wildman–Crippen LogP) is 1.68. The Hall–Kier alpha value is -1.39. The standard InChI is InChI=1S/C15H20N2O2/c1-11(19-2)10-17-13(12-6-4-3-5-7-12)16-15(8-9-15)14(17)18/h3-7,11,13,16H,8-10H2,1-2H3. The van der Waals surface area contributed by atoms with Crippen molar-refractivity contribution in [2.75, 3.05) is 13.7 Å². The Bertz CT molecular complexity index is 470. The zero-order chi connectivity index (χ0) is 13.5. The molecular weight excluding hydrogens is 240 g/mol. The van der Waals surface area contributed by atoms with Crippen LogP contribution < -0.4 is 5.32 Å². The highest BCUT2D eigenvalue weighted by atomic mass is 16.5. The number of rotatable bonds is 4. The average Bonchev–Trinajstić information content (AvgIpc) is 3.18. The minimum absolute atomic E-state index is 0.0196. The Morgan fingerprint density at radius 2 is 2.11 bits per heavy atom. The van der Waals surface area contributed by atoms with E-state index >= 15 is 0 Å². The first-order valence-electron chi connectivity index (χ1n) is 6.83. The zero-order valence-electron chi connectivity index (χ0n) is 11.4. The Morgan fingerprint density at radius 3 is 2.68 bits per heavy atom. The largest absolute Gasteiger partial charge is 0.380 e. The lowest BCUT2D eigenvalue weighted by Crippen LogP contribution is -2.37. The molecule has 0 radical (unpaired) electrons. The van der Waals surface area contributed by atoms with E-state index in [2.05, 4.69) is 17.4 Å². The molecule has 0 aromatic heterocycles. The average molecular weight is 260 g/mol. The molecule has 102 valence electrons. The maximum Gasteiger partial charge on any atom is 0.244 e. The molecule has 1 N–H and O–H groups in total. The van der Waals surface area contributed by atoms with Gasteiger partial charge in [-0.2, -0.15) is 0 Å². The van der Waals surface area contributed by atoms with E-state index in [9.17, 15) is 4.79 Å².